The molecule has 5 rings (SSSR count). The molecule has 0 saturated heterocycles. The van der Waals surface area contributed by atoms with Crippen molar-refractivity contribution in [3.05, 3.63) is 108 Å². The van der Waals surface area contributed by atoms with Crippen molar-refractivity contribution in [3.8, 4) is 5.75 Å². The van der Waals surface area contributed by atoms with Gasteiger partial charge in [-0.2, -0.15) is 0 Å². The number of esters is 1. The molecular formula is C32H31N3O5S. The number of hydrogen-bond acceptors (Lipinski definition) is 7. The van der Waals surface area contributed by atoms with E-state index in [-0.39, 0.29) is 11.5 Å². The summed E-state index contributed by atoms with van der Waals surface area (Å²) in [6.07, 6.45) is 1.77. The van der Waals surface area contributed by atoms with Gasteiger partial charge in [0.05, 0.1) is 35.6 Å². The van der Waals surface area contributed by atoms with Crippen LogP contribution in [0.25, 0.3) is 16.8 Å². The maximum atomic E-state index is 14.2. The van der Waals surface area contributed by atoms with Crippen molar-refractivity contribution in [2.45, 2.75) is 26.8 Å². The smallest absolute Gasteiger partial charge is 0.337 e. The van der Waals surface area contributed by atoms with E-state index in [1.807, 2.05) is 57.2 Å². The molecular weight excluding hydrogens is 538 g/mol. The van der Waals surface area contributed by atoms with Crippen LogP contribution in [0.1, 0.15) is 48.3 Å². The lowest BCUT2D eigenvalue weighted by Gasteiger charge is -2.30. The van der Waals surface area contributed by atoms with Gasteiger partial charge < -0.3 is 14.4 Å². The lowest BCUT2D eigenvalue weighted by atomic mass is 9.90. The zero-order valence-corrected chi connectivity index (χ0v) is 24.5. The summed E-state index contributed by atoms with van der Waals surface area (Å²) in [6.45, 7) is 6.75. The second-order valence-corrected chi connectivity index (χ2v) is 10.6. The Morgan fingerprint density at radius 2 is 1.73 bits per heavy atom. The number of methoxy groups -OCH3 is 2. The third kappa shape index (κ3) is 4.97. The number of carbonyl (C=O) groups excluding carboxylic acids is 2. The minimum atomic E-state index is -0.746. The summed E-state index contributed by atoms with van der Waals surface area (Å²) in [5.74, 6) is -0.00836. The van der Waals surface area contributed by atoms with Crippen LogP contribution in [0.2, 0.25) is 0 Å². The predicted molar refractivity (Wildman–Crippen MR) is 160 cm³/mol. The fourth-order valence-electron chi connectivity index (χ4n) is 5.27. The molecule has 0 aliphatic carbocycles. The summed E-state index contributed by atoms with van der Waals surface area (Å²) in [5.41, 5.74) is 2.66. The molecule has 9 heteroatoms. The van der Waals surface area contributed by atoms with Crippen LogP contribution >= 0.6 is 11.3 Å². The van der Waals surface area contributed by atoms with E-state index in [1.54, 1.807) is 46.9 Å². The number of thiazole rings is 1. The molecule has 0 bridgehead atoms. The molecule has 0 saturated carbocycles. The van der Waals surface area contributed by atoms with Gasteiger partial charge >= 0.3 is 5.97 Å². The van der Waals surface area contributed by atoms with Crippen LogP contribution in [0.4, 0.5) is 0 Å². The topological polar surface area (TPSA) is 90.2 Å². The molecule has 0 fully saturated rings. The van der Waals surface area contributed by atoms with Crippen molar-refractivity contribution < 1.29 is 19.1 Å². The van der Waals surface area contributed by atoms with Crippen LogP contribution in [0.15, 0.2) is 81.7 Å². The summed E-state index contributed by atoms with van der Waals surface area (Å²) < 4.78 is 12.7. The molecule has 0 unspecified atom stereocenters. The molecule has 3 aromatic carbocycles. The quantitative estimate of drug-likeness (QED) is 0.313. The Kier molecular flexibility index (Phi) is 7.90. The van der Waals surface area contributed by atoms with Gasteiger partial charge in [-0.3, -0.25) is 14.2 Å². The molecule has 0 radical (unpaired) electrons. The summed E-state index contributed by atoms with van der Waals surface area (Å²) in [4.78, 5) is 47.1. The molecule has 0 N–H and O–H groups in total. The number of likely N-dealkylation sites (N-methyl/N-ethyl adjacent to an activating group) is 1. The molecule has 1 atom stereocenters. The Labute approximate surface area is 241 Å². The highest BCUT2D eigenvalue weighted by molar-refractivity contribution is 7.07. The Morgan fingerprint density at radius 1 is 1.02 bits per heavy atom. The number of rotatable bonds is 7. The Balaban J connectivity index is 1.79. The van der Waals surface area contributed by atoms with Crippen LogP contribution in [0.3, 0.4) is 0 Å². The van der Waals surface area contributed by atoms with Crippen LogP contribution in [-0.2, 0) is 9.53 Å². The number of fused-ring (bicyclic) bond motifs is 2. The Bertz CT molecular complexity index is 1860. The average molecular weight is 570 g/mol. The Hall–Kier alpha value is -4.50. The van der Waals surface area contributed by atoms with E-state index in [0.717, 1.165) is 21.9 Å². The molecule has 2 heterocycles. The van der Waals surface area contributed by atoms with Crippen LogP contribution in [-0.4, -0.2) is 48.7 Å². The van der Waals surface area contributed by atoms with Gasteiger partial charge in [0.1, 0.15) is 11.8 Å². The van der Waals surface area contributed by atoms with Crippen LogP contribution in [0, 0.1) is 0 Å². The predicted octanol–water partition coefficient (Wildman–Crippen LogP) is 4.05. The van der Waals surface area contributed by atoms with Crippen LogP contribution < -0.4 is 19.6 Å². The van der Waals surface area contributed by atoms with E-state index >= 15 is 0 Å². The fourth-order valence-corrected chi connectivity index (χ4v) is 6.32. The normalized spacial score (nSPS) is 15.0. The first kappa shape index (κ1) is 28.0. The molecule has 0 spiro atoms. The Morgan fingerprint density at radius 3 is 2.39 bits per heavy atom. The molecule has 41 heavy (non-hydrogen) atoms. The number of hydrogen-bond donors (Lipinski definition) is 0. The van der Waals surface area contributed by atoms with E-state index in [0.29, 0.717) is 45.0 Å². The number of amides is 1. The number of ether oxygens (including phenoxy) is 2. The third-order valence-corrected chi connectivity index (χ3v) is 8.34. The molecule has 8 nitrogen and oxygen atoms in total. The van der Waals surface area contributed by atoms with E-state index in [9.17, 15) is 14.4 Å². The molecule has 1 amide bonds. The summed E-state index contributed by atoms with van der Waals surface area (Å²) in [6, 6.07) is 17.8. The molecule has 1 aliphatic heterocycles. The van der Waals surface area contributed by atoms with E-state index in [1.165, 1.54) is 18.4 Å². The van der Waals surface area contributed by atoms with Gasteiger partial charge in [-0.05, 0) is 61.4 Å². The molecule has 4 aromatic rings. The highest BCUT2D eigenvalue weighted by Gasteiger charge is 2.36. The molecule has 1 aromatic heterocycles. The van der Waals surface area contributed by atoms with Crippen molar-refractivity contribution >= 4 is 40.1 Å². The number of nitrogens with zero attached hydrogens (tertiary/aromatic N) is 3. The minimum absolute atomic E-state index is 0.163. The first-order valence-electron chi connectivity index (χ1n) is 13.4. The standard InChI is InChI=1S/C32H31N3O5S/c1-6-34(7-2)30(37)26-19(3)33-32-35(28(26)27-23-11-9-8-10-21(23)16-17-24(27)39-4)29(36)25(41-32)18-20-12-14-22(15-13-20)31(38)40-5/h8-18,28H,6-7H2,1-5H3/b25-18+/t28-/m0/s1. The largest absolute Gasteiger partial charge is 0.496 e. The maximum Gasteiger partial charge on any atom is 0.337 e. The van der Waals surface area contributed by atoms with Gasteiger partial charge in [0.25, 0.3) is 11.5 Å². The lowest BCUT2D eigenvalue weighted by molar-refractivity contribution is -0.127. The van der Waals surface area contributed by atoms with E-state index in [4.69, 9.17) is 14.5 Å². The molecule has 1 aliphatic rings. The van der Waals surface area contributed by atoms with Gasteiger partial charge in [-0.25, -0.2) is 9.79 Å². The number of allylic oxidation sites excluding steroid dienone is 1. The lowest BCUT2D eigenvalue weighted by Crippen LogP contribution is -2.43. The van der Waals surface area contributed by atoms with Crippen molar-refractivity contribution in [2.75, 3.05) is 27.3 Å². The van der Waals surface area contributed by atoms with Crippen molar-refractivity contribution in [1.29, 1.82) is 0 Å². The first-order valence-corrected chi connectivity index (χ1v) is 14.2. The number of aromatic nitrogens is 1. The molecule has 210 valence electrons. The minimum Gasteiger partial charge on any atom is -0.496 e. The maximum absolute atomic E-state index is 14.2. The van der Waals surface area contributed by atoms with Crippen molar-refractivity contribution in [3.63, 3.8) is 0 Å². The third-order valence-electron chi connectivity index (χ3n) is 7.36. The van der Waals surface area contributed by atoms with Gasteiger partial charge in [0.2, 0.25) is 0 Å². The number of benzene rings is 3. The van der Waals surface area contributed by atoms with Crippen molar-refractivity contribution in [2.24, 2.45) is 4.99 Å². The van der Waals surface area contributed by atoms with E-state index in [2.05, 4.69) is 0 Å². The second kappa shape index (κ2) is 11.5. The summed E-state index contributed by atoms with van der Waals surface area (Å²) >= 11 is 1.26. The van der Waals surface area contributed by atoms with Gasteiger partial charge in [0.15, 0.2) is 4.80 Å². The number of carbonyl (C=O) groups is 2. The first-order chi connectivity index (χ1) is 19.8. The SMILES string of the molecule is CCN(CC)C(=O)C1=C(C)N=c2s/c(=C/c3ccc(C(=O)OC)cc3)c(=O)n2[C@@H]1c1c(OC)ccc2ccccc12. The average Bonchev–Trinajstić information content (AvgIpc) is 3.30. The van der Waals surface area contributed by atoms with Gasteiger partial charge in [-0.15, -0.1) is 0 Å². The monoisotopic (exact) mass is 569 g/mol. The van der Waals surface area contributed by atoms with E-state index < -0.39 is 12.0 Å². The fraction of sp³-hybridized carbons (Fsp3) is 0.250. The zero-order chi connectivity index (χ0) is 29.3. The highest BCUT2D eigenvalue weighted by Crippen LogP contribution is 2.40. The van der Waals surface area contributed by atoms with Gasteiger partial charge in [0, 0.05) is 18.7 Å². The second-order valence-electron chi connectivity index (χ2n) is 9.58. The summed E-state index contributed by atoms with van der Waals surface area (Å²) in [5, 5.41) is 1.87. The van der Waals surface area contributed by atoms with Gasteiger partial charge in [-0.1, -0.05) is 53.8 Å². The zero-order valence-electron chi connectivity index (χ0n) is 23.6. The summed E-state index contributed by atoms with van der Waals surface area (Å²) in [7, 11) is 2.93. The highest BCUT2D eigenvalue weighted by atomic mass is 32.1. The van der Waals surface area contributed by atoms with Crippen molar-refractivity contribution in [1.82, 2.24) is 9.47 Å². The van der Waals surface area contributed by atoms with Crippen LogP contribution in [0.5, 0.6) is 5.75 Å².